The molecule has 0 unspecified atom stereocenters. The normalized spacial score (nSPS) is 16.0. The Balaban J connectivity index is 1.93. The Morgan fingerprint density at radius 2 is 1.90 bits per heavy atom. The number of carbonyl (C=O) groups excluding carboxylic acids is 1. The number of amidine groups is 1. The molecule has 5 heteroatoms. The fraction of sp³-hybridized carbons (Fsp3) is 0. The van der Waals surface area contributed by atoms with Crippen molar-refractivity contribution in [1.29, 1.82) is 0 Å². The molecule has 0 saturated carbocycles. The van der Waals surface area contributed by atoms with E-state index in [2.05, 4.69) is 26.2 Å². The van der Waals surface area contributed by atoms with Crippen molar-refractivity contribution in [2.75, 3.05) is 0 Å². The predicted molar refractivity (Wildman–Crippen MR) is 88.3 cm³/mol. The van der Waals surface area contributed by atoms with Crippen LogP contribution in [-0.2, 0) is 4.79 Å². The minimum Gasteiger partial charge on any atom is -0.305 e. The Morgan fingerprint density at radius 3 is 2.62 bits per heavy atom. The first kappa shape index (κ1) is 14.0. The molecule has 3 nitrogen and oxygen atoms in total. The van der Waals surface area contributed by atoms with Gasteiger partial charge in [0.1, 0.15) is 11.5 Å². The van der Waals surface area contributed by atoms with Crippen molar-refractivity contribution in [3.05, 3.63) is 74.9 Å². The summed E-state index contributed by atoms with van der Waals surface area (Å²) in [5, 5.41) is 3.39. The first-order chi connectivity index (χ1) is 10.1. The van der Waals surface area contributed by atoms with E-state index in [-0.39, 0.29) is 5.91 Å². The van der Waals surface area contributed by atoms with E-state index >= 15 is 0 Å². The minimum absolute atomic E-state index is 0.215. The number of hydrogen-bond donors (Lipinski definition) is 1. The van der Waals surface area contributed by atoms with E-state index in [0.29, 0.717) is 16.6 Å². The summed E-state index contributed by atoms with van der Waals surface area (Å²) >= 11 is 9.31. The number of nitrogens with one attached hydrogen (secondary N) is 1. The van der Waals surface area contributed by atoms with Crippen molar-refractivity contribution in [3.8, 4) is 0 Å². The highest BCUT2D eigenvalue weighted by atomic mass is 79.9. The number of aliphatic imine (C=N–C) groups is 1. The van der Waals surface area contributed by atoms with Crippen LogP contribution >= 0.6 is 27.5 Å². The first-order valence-corrected chi connectivity index (χ1v) is 7.42. The van der Waals surface area contributed by atoms with Gasteiger partial charge < -0.3 is 5.32 Å². The fourth-order valence-electron chi connectivity index (χ4n) is 1.97. The summed E-state index contributed by atoms with van der Waals surface area (Å²) in [4.78, 5) is 16.3. The lowest BCUT2D eigenvalue weighted by molar-refractivity contribution is -0.115. The molecule has 2 aromatic rings. The Labute approximate surface area is 135 Å². The van der Waals surface area contributed by atoms with Gasteiger partial charge in [0.2, 0.25) is 0 Å². The summed E-state index contributed by atoms with van der Waals surface area (Å²) in [6.07, 6.45) is 1.72. The second-order valence-corrected chi connectivity index (χ2v) is 5.86. The molecule has 0 saturated heterocycles. The number of rotatable bonds is 2. The number of nitrogens with zero attached hydrogens (tertiary/aromatic N) is 1. The highest BCUT2D eigenvalue weighted by Crippen LogP contribution is 2.18. The van der Waals surface area contributed by atoms with E-state index in [1.165, 1.54) is 0 Å². The van der Waals surface area contributed by atoms with Crippen LogP contribution in [0, 0.1) is 0 Å². The van der Waals surface area contributed by atoms with Gasteiger partial charge in [-0.2, -0.15) is 0 Å². The number of hydrogen-bond acceptors (Lipinski definition) is 2. The van der Waals surface area contributed by atoms with Crippen LogP contribution in [0.3, 0.4) is 0 Å². The average molecular weight is 362 g/mol. The van der Waals surface area contributed by atoms with E-state index < -0.39 is 0 Å². The lowest BCUT2D eigenvalue weighted by atomic mass is 10.2. The first-order valence-electron chi connectivity index (χ1n) is 6.25. The van der Waals surface area contributed by atoms with Gasteiger partial charge in [0.25, 0.3) is 5.91 Å². The molecule has 0 bridgehead atoms. The molecule has 0 spiro atoms. The van der Waals surface area contributed by atoms with Gasteiger partial charge in [0.05, 0.1) is 0 Å². The van der Waals surface area contributed by atoms with E-state index in [1.54, 1.807) is 18.2 Å². The molecular weight excluding hydrogens is 352 g/mol. The van der Waals surface area contributed by atoms with E-state index in [1.807, 2.05) is 36.4 Å². The molecule has 1 amide bonds. The molecule has 0 atom stereocenters. The van der Waals surface area contributed by atoms with Gasteiger partial charge in [0, 0.05) is 15.1 Å². The molecule has 3 rings (SSSR count). The lowest BCUT2D eigenvalue weighted by Gasteiger charge is -1.99. The zero-order valence-electron chi connectivity index (χ0n) is 10.8. The second kappa shape index (κ2) is 5.84. The Bertz CT molecular complexity index is 766. The third kappa shape index (κ3) is 3.23. The minimum atomic E-state index is -0.215. The van der Waals surface area contributed by atoms with Crippen LogP contribution in [0.4, 0.5) is 0 Å². The quantitative estimate of drug-likeness (QED) is 0.807. The molecule has 104 valence electrons. The van der Waals surface area contributed by atoms with Crippen molar-refractivity contribution in [2.45, 2.75) is 0 Å². The lowest BCUT2D eigenvalue weighted by Crippen LogP contribution is -2.24. The maximum atomic E-state index is 12.0. The Morgan fingerprint density at radius 1 is 1.14 bits per heavy atom. The number of halogens is 2. The monoisotopic (exact) mass is 360 g/mol. The smallest absolute Gasteiger partial charge is 0.275 e. The molecule has 0 radical (unpaired) electrons. The van der Waals surface area contributed by atoms with Gasteiger partial charge in [-0.3, -0.25) is 4.79 Å². The van der Waals surface area contributed by atoms with Crippen LogP contribution in [-0.4, -0.2) is 11.7 Å². The van der Waals surface area contributed by atoms with Crippen LogP contribution in [0.2, 0.25) is 5.02 Å². The molecule has 1 N–H and O–H groups in total. The third-order valence-corrected chi connectivity index (χ3v) is 3.73. The number of benzene rings is 2. The topological polar surface area (TPSA) is 41.5 Å². The molecule has 0 aromatic heterocycles. The molecule has 1 aliphatic heterocycles. The van der Waals surface area contributed by atoms with Crippen molar-refractivity contribution < 1.29 is 4.79 Å². The highest BCUT2D eigenvalue weighted by molar-refractivity contribution is 9.10. The van der Waals surface area contributed by atoms with Crippen LogP contribution in [0.25, 0.3) is 6.08 Å². The van der Waals surface area contributed by atoms with E-state index in [9.17, 15) is 4.79 Å². The van der Waals surface area contributed by atoms with Crippen LogP contribution in [0.1, 0.15) is 11.1 Å². The largest absolute Gasteiger partial charge is 0.305 e. The Hall–Kier alpha value is -1.91. The summed E-state index contributed by atoms with van der Waals surface area (Å²) < 4.78 is 0.978. The third-order valence-electron chi connectivity index (χ3n) is 2.97. The van der Waals surface area contributed by atoms with Gasteiger partial charge in [-0.15, -0.1) is 0 Å². The molecule has 1 heterocycles. The van der Waals surface area contributed by atoms with Gasteiger partial charge in [-0.05, 0) is 35.9 Å². The van der Waals surface area contributed by atoms with Gasteiger partial charge in [-0.1, -0.05) is 51.8 Å². The summed E-state index contributed by atoms with van der Waals surface area (Å²) in [5.41, 5.74) is 2.07. The van der Waals surface area contributed by atoms with Crippen LogP contribution < -0.4 is 5.32 Å². The van der Waals surface area contributed by atoms with Crippen molar-refractivity contribution in [2.24, 2.45) is 4.99 Å². The standard InChI is InChI=1S/C16H10BrClN2O/c17-12-6-4-11(5-7-12)15-19-14(16(21)20-15)9-10-2-1-3-13(18)8-10/h1-9H,(H,19,20,21)/b14-9-. The van der Waals surface area contributed by atoms with Crippen molar-refractivity contribution in [1.82, 2.24) is 5.32 Å². The molecule has 1 aliphatic rings. The summed E-state index contributed by atoms with van der Waals surface area (Å²) in [5.74, 6) is 0.341. The zero-order chi connectivity index (χ0) is 14.8. The highest BCUT2D eigenvalue weighted by Gasteiger charge is 2.20. The number of amides is 1. The maximum Gasteiger partial charge on any atom is 0.275 e. The molecular formula is C16H10BrClN2O. The summed E-state index contributed by atoms with van der Waals surface area (Å²) in [6.45, 7) is 0. The average Bonchev–Trinajstić information content (AvgIpc) is 2.81. The molecule has 0 fully saturated rings. The van der Waals surface area contributed by atoms with Gasteiger partial charge in [0.15, 0.2) is 0 Å². The van der Waals surface area contributed by atoms with Crippen LogP contribution in [0.5, 0.6) is 0 Å². The fourth-order valence-corrected chi connectivity index (χ4v) is 2.43. The van der Waals surface area contributed by atoms with Crippen LogP contribution in [0.15, 0.2) is 63.7 Å². The Kier molecular flexibility index (Phi) is 3.90. The van der Waals surface area contributed by atoms with Gasteiger partial charge >= 0.3 is 0 Å². The van der Waals surface area contributed by atoms with E-state index in [0.717, 1.165) is 15.6 Å². The van der Waals surface area contributed by atoms with Gasteiger partial charge in [-0.25, -0.2) is 4.99 Å². The predicted octanol–water partition coefficient (Wildman–Crippen LogP) is 4.02. The van der Waals surface area contributed by atoms with Crippen molar-refractivity contribution in [3.63, 3.8) is 0 Å². The molecule has 21 heavy (non-hydrogen) atoms. The van der Waals surface area contributed by atoms with E-state index in [4.69, 9.17) is 11.6 Å². The van der Waals surface area contributed by atoms with Crippen molar-refractivity contribution >= 4 is 45.3 Å². The molecule has 2 aromatic carbocycles. The number of carbonyl (C=O) groups is 1. The summed E-state index contributed by atoms with van der Waals surface area (Å²) in [7, 11) is 0. The zero-order valence-corrected chi connectivity index (χ0v) is 13.1. The molecule has 0 aliphatic carbocycles. The maximum absolute atomic E-state index is 12.0. The second-order valence-electron chi connectivity index (χ2n) is 4.51. The summed E-state index contributed by atoms with van der Waals surface area (Å²) in [6, 6.07) is 14.9. The SMILES string of the molecule is O=C1NC(c2ccc(Br)cc2)=N/C1=C\c1cccc(Cl)c1.